The number of hydrogen-bond donors (Lipinski definition) is 1. The first-order chi connectivity index (χ1) is 13.2. The molecule has 0 atom stereocenters. The molecule has 3 aromatic rings. The Kier molecular flexibility index (Phi) is 5.10. The van der Waals surface area contributed by atoms with E-state index in [1.54, 1.807) is 13.3 Å². The maximum Gasteiger partial charge on any atom is 0.271 e. The molecule has 2 aromatic heterocycles. The molecule has 1 aliphatic rings. The molecule has 140 valence electrons. The van der Waals surface area contributed by atoms with E-state index in [1.807, 2.05) is 47.0 Å². The molecule has 27 heavy (non-hydrogen) atoms. The van der Waals surface area contributed by atoms with E-state index in [-0.39, 0.29) is 5.91 Å². The van der Waals surface area contributed by atoms with E-state index >= 15 is 0 Å². The van der Waals surface area contributed by atoms with Crippen molar-refractivity contribution in [3.05, 3.63) is 54.5 Å². The highest BCUT2D eigenvalue weighted by atomic mass is 16.5. The lowest BCUT2D eigenvalue weighted by Gasteiger charge is -2.21. The van der Waals surface area contributed by atoms with Crippen molar-refractivity contribution in [2.45, 2.75) is 32.1 Å². The van der Waals surface area contributed by atoms with Crippen molar-refractivity contribution in [3.63, 3.8) is 0 Å². The number of amides is 1. The fraction of sp³-hybridized carbons (Fsp3) is 0.364. The number of benzene rings is 1. The molecule has 0 unspecified atom stereocenters. The Balaban J connectivity index is 1.50. The monoisotopic (exact) mass is 363 g/mol. The quantitative estimate of drug-likeness (QED) is 0.734. The number of nitrogens with one attached hydrogen (secondary N) is 1. The van der Waals surface area contributed by atoms with Crippen LogP contribution in [0.15, 0.2) is 48.8 Å². The van der Waals surface area contributed by atoms with Gasteiger partial charge in [-0.1, -0.05) is 31.4 Å². The van der Waals surface area contributed by atoms with Crippen LogP contribution in [0.4, 0.5) is 0 Å². The predicted molar refractivity (Wildman–Crippen MR) is 106 cm³/mol. The van der Waals surface area contributed by atoms with E-state index in [2.05, 4.69) is 10.3 Å². The normalized spacial score (nSPS) is 15.0. The number of hydrogen-bond acceptors (Lipinski definition) is 3. The van der Waals surface area contributed by atoms with Crippen LogP contribution in [-0.4, -0.2) is 28.9 Å². The van der Waals surface area contributed by atoms with Gasteiger partial charge in [0.15, 0.2) is 0 Å². The maximum absolute atomic E-state index is 12.5. The second kappa shape index (κ2) is 7.82. The summed E-state index contributed by atoms with van der Waals surface area (Å²) in [6.07, 6.45) is 10.1. The summed E-state index contributed by atoms with van der Waals surface area (Å²) in [7, 11) is 1.66. The molecule has 0 bridgehead atoms. The van der Waals surface area contributed by atoms with E-state index in [1.165, 1.54) is 32.1 Å². The standard InChI is InChI=1S/C22H25N3O2/c1-27-19-9-5-8-17(12-19)18-10-11-21-24-20(15-25(21)14-18)22(26)23-13-16-6-3-2-4-7-16/h5,8-12,14-16H,2-4,6-7,13H2,1H3,(H,23,26). The lowest BCUT2D eigenvalue weighted by Crippen LogP contribution is -2.30. The number of pyridine rings is 1. The third-order valence-electron chi connectivity index (χ3n) is 5.36. The SMILES string of the molecule is COc1cccc(-c2ccc3nc(C(=O)NCC4CCCCC4)cn3c2)c1. The largest absolute Gasteiger partial charge is 0.497 e. The van der Waals surface area contributed by atoms with Crippen LogP contribution in [0.1, 0.15) is 42.6 Å². The van der Waals surface area contributed by atoms with E-state index in [9.17, 15) is 4.79 Å². The molecule has 1 fully saturated rings. The highest BCUT2D eigenvalue weighted by Gasteiger charge is 2.16. The Morgan fingerprint density at radius 2 is 2.00 bits per heavy atom. The van der Waals surface area contributed by atoms with E-state index < -0.39 is 0 Å². The smallest absolute Gasteiger partial charge is 0.271 e. The van der Waals surface area contributed by atoms with Crippen molar-refractivity contribution in [3.8, 4) is 16.9 Å². The Morgan fingerprint density at radius 1 is 1.15 bits per heavy atom. The number of fused-ring (bicyclic) bond motifs is 1. The number of carbonyl (C=O) groups is 1. The minimum absolute atomic E-state index is 0.0906. The molecule has 5 nitrogen and oxygen atoms in total. The van der Waals surface area contributed by atoms with Gasteiger partial charge in [-0.3, -0.25) is 4.79 Å². The average Bonchev–Trinajstić information content (AvgIpc) is 3.16. The molecule has 0 radical (unpaired) electrons. The molecule has 1 amide bonds. The second-order valence-corrected chi connectivity index (χ2v) is 7.26. The molecule has 1 aliphatic carbocycles. The highest BCUT2D eigenvalue weighted by Crippen LogP contribution is 2.25. The van der Waals surface area contributed by atoms with Crippen molar-refractivity contribution in [1.82, 2.24) is 14.7 Å². The van der Waals surface area contributed by atoms with Crippen molar-refractivity contribution in [1.29, 1.82) is 0 Å². The highest BCUT2D eigenvalue weighted by molar-refractivity contribution is 5.92. The molecule has 1 N–H and O–H groups in total. The topological polar surface area (TPSA) is 55.6 Å². The summed E-state index contributed by atoms with van der Waals surface area (Å²) in [6, 6.07) is 11.9. The number of imidazole rings is 1. The van der Waals surface area contributed by atoms with E-state index in [0.717, 1.165) is 29.1 Å². The maximum atomic E-state index is 12.5. The zero-order valence-electron chi connectivity index (χ0n) is 15.6. The fourth-order valence-electron chi connectivity index (χ4n) is 3.79. The molecule has 4 rings (SSSR count). The van der Waals surface area contributed by atoms with Gasteiger partial charge in [0.25, 0.3) is 5.91 Å². The zero-order chi connectivity index (χ0) is 18.6. The Hall–Kier alpha value is -2.82. The number of ether oxygens (including phenoxy) is 1. The molecule has 5 heteroatoms. The van der Waals surface area contributed by atoms with Crippen molar-refractivity contribution in [2.24, 2.45) is 5.92 Å². The van der Waals surface area contributed by atoms with Crippen LogP contribution in [0.2, 0.25) is 0 Å². The molecule has 0 saturated heterocycles. The average molecular weight is 363 g/mol. The van der Waals surface area contributed by atoms with Crippen molar-refractivity contribution < 1.29 is 9.53 Å². The van der Waals surface area contributed by atoms with Crippen LogP contribution in [0, 0.1) is 5.92 Å². The lowest BCUT2D eigenvalue weighted by molar-refractivity contribution is 0.0939. The van der Waals surface area contributed by atoms with Gasteiger partial charge in [-0.2, -0.15) is 0 Å². The second-order valence-electron chi connectivity index (χ2n) is 7.26. The van der Waals surface area contributed by atoms with E-state index in [4.69, 9.17) is 4.74 Å². The molecule has 1 saturated carbocycles. The van der Waals surface area contributed by atoms with Gasteiger partial charge in [0, 0.05) is 18.9 Å². The summed E-state index contributed by atoms with van der Waals surface area (Å²) in [5.74, 6) is 1.34. The first-order valence-electron chi connectivity index (χ1n) is 9.64. The lowest BCUT2D eigenvalue weighted by atomic mass is 9.89. The molecule has 0 spiro atoms. The van der Waals surface area contributed by atoms with Gasteiger partial charge < -0.3 is 14.5 Å². The van der Waals surface area contributed by atoms with Gasteiger partial charge in [0.2, 0.25) is 0 Å². The first kappa shape index (κ1) is 17.6. The van der Waals surface area contributed by atoms with Crippen molar-refractivity contribution in [2.75, 3.05) is 13.7 Å². The summed E-state index contributed by atoms with van der Waals surface area (Å²) >= 11 is 0. The number of rotatable bonds is 5. The van der Waals surface area contributed by atoms with Gasteiger partial charge in [-0.25, -0.2) is 4.98 Å². The summed E-state index contributed by atoms with van der Waals surface area (Å²) in [5.41, 5.74) is 3.35. The van der Waals surface area contributed by atoms with Crippen LogP contribution >= 0.6 is 0 Å². The van der Waals surface area contributed by atoms with Crippen LogP contribution in [-0.2, 0) is 0 Å². The molecule has 2 heterocycles. The van der Waals surface area contributed by atoms with Crippen LogP contribution in [0.25, 0.3) is 16.8 Å². The number of methoxy groups -OCH3 is 1. The number of carbonyl (C=O) groups excluding carboxylic acids is 1. The molecular weight excluding hydrogens is 338 g/mol. The van der Waals surface area contributed by atoms with Crippen LogP contribution in [0.3, 0.4) is 0 Å². The molecule has 1 aromatic carbocycles. The molecular formula is C22H25N3O2. The van der Waals surface area contributed by atoms with Gasteiger partial charge in [-0.15, -0.1) is 0 Å². The summed E-state index contributed by atoms with van der Waals surface area (Å²) < 4.78 is 7.21. The molecule has 0 aliphatic heterocycles. The summed E-state index contributed by atoms with van der Waals surface area (Å²) in [5, 5.41) is 3.06. The van der Waals surface area contributed by atoms with Gasteiger partial charge >= 0.3 is 0 Å². The summed E-state index contributed by atoms with van der Waals surface area (Å²) in [4.78, 5) is 17.0. The Bertz CT molecular complexity index is 942. The fourth-order valence-corrected chi connectivity index (χ4v) is 3.79. The number of aromatic nitrogens is 2. The number of nitrogens with zero attached hydrogens (tertiary/aromatic N) is 2. The van der Waals surface area contributed by atoms with Gasteiger partial charge in [0.05, 0.1) is 7.11 Å². The van der Waals surface area contributed by atoms with Gasteiger partial charge in [0.1, 0.15) is 17.1 Å². The minimum atomic E-state index is -0.0906. The van der Waals surface area contributed by atoms with Gasteiger partial charge in [-0.05, 0) is 54.2 Å². The predicted octanol–water partition coefficient (Wildman–Crippen LogP) is 4.32. The van der Waals surface area contributed by atoms with E-state index in [0.29, 0.717) is 11.6 Å². The Labute approximate surface area is 159 Å². The van der Waals surface area contributed by atoms with Crippen LogP contribution < -0.4 is 10.1 Å². The summed E-state index contributed by atoms with van der Waals surface area (Å²) in [6.45, 7) is 0.752. The van der Waals surface area contributed by atoms with Crippen molar-refractivity contribution >= 4 is 11.6 Å². The zero-order valence-corrected chi connectivity index (χ0v) is 15.6. The minimum Gasteiger partial charge on any atom is -0.497 e. The third kappa shape index (κ3) is 3.97. The van der Waals surface area contributed by atoms with Crippen LogP contribution in [0.5, 0.6) is 5.75 Å². The first-order valence-corrected chi connectivity index (χ1v) is 9.64. The third-order valence-corrected chi connectivity index (χ3v) is 5.36. The Morgan fingerprint density at radius 3 is 2.81 bits per heavy atom.